The number of hydrogen-bond acceptors (Lipinski definition) is 3. The van der Waals surface area contributed by atoms with Crippen molar-refractivity contribution in [2.24, 2.45) is 7.05 Å². The van der Waals surface area contributed by atoms with Gasteiger partial charge in [-0.25, -0.2) is 4.98 Å². The van der Waals surface area contributed by atoms with E-state index in [0.717, 1.165) is 38.4 Å². The fourth-order valence-corrected chi connectivity index (χ4v) is 1.49. The number of aromatic nitrogens is 2. The first kappa shape index (κ1) is 12.2. The quantitative estimate of drug-likeness (QED) is 0.665. The van der Waals surface area contributed by atoms with Crippen LogP contribution in [-0.2, 0) is 13.5 Å². The van der Waals surface area contributed by atoms with Crippen LogP contribution < -0.4 is 5.32 Å². The van der Waals surface area contributed by atoms with Gasteiger partial charge in [-0.2, -0.15) is 0 Å². The van der Waals surface area contributed by atoms with Crippen molar-refractivity contribution in [3.63, 3.8) is 0 Å². The predicted molar refractivity (Wildman–Crippen MR) is 63.0 cm³/mol. The van der Waals surface area contributed by atoms with Gasteiger partial charge in [0.15, 0.2) is 0 Å². The molecule has 4 nitrogen and oxygen atoms in total. The fraction of sp³-hybridized carbons (Fsp3) is 0.727. The normalized spacial score (nSPS) is 11.2. The van der Waals surface area contributed by atoms with Gasteiger partial charge in [-0.05, 0) is 13.6 Å². The minimum atomic E-state index is 1.02. The third kappa shape index (κ3) is 4.44. The summed E-state index contributed by atoms with van der Waals surface area (Å²) in [6.45, 7) is 6.41. The third-order valence-electron chi connectivity index (χ3n) is 2.56. The Balaban J connectivity index is 2.16. The van der Waals surface area contributed by atoms with Gasteiger partial charge in [-0.15, -0.1) is 0 Å². The van der Waals surface area contributed by atoms with Crippen molar-refractivity contribution in [1.82, 2.24) is 19.8 Å². The van der Waals surface area contributed by atoms with E-state index in [1.54, 1.807) is 0 Å². The molecule has 1 aromatic rings. The van der Waals surface area contributed by atoms with Crippen LogP contribution >= 0.6 is 0 Å². The van der Waals surface area contributed by atoms with E-state index in [4.69, 9.17) is 0 Å². The minimum Gasteiger partial charge on any atom is -0.338 e. The molecule has 0 atom stereocenters. The maximum atomic E-state index is 4.30. The second-order valence-corrected chi connectivity index (χ2v) is 3.86. The second-order valence-electron chi connectivity index (χ2n) is 3.86. The lowest BCUT2D eigenvalue weighted by atomic mass is 10.3. The molecular weight excluding hydrogens is 188 g/mol. The Labute approximate surface area is 92.3 Å². The van der Waals surface area contributed by atoms with Crippen molar-refractivity contribution >= 4 is 0 Å². The maximum absolute atomic E-state index is 4.30. The number of rotatable bonds is 7. The SMILES string of the molecule is CCNCCN(C)CCc1nccn1C. The molecule has 0 fully saturated rings. The molecule has 0 radical (unpaired) electrons. The van der Waals surface area contributed by atoms with Crippen molar-refractivity contribution in [3.05, 3.63) is 18.2 Å². The van der Waals surface area contributed by atoms with Gasteiger partial charge < -0.3 is 14.8 Å². The Morgan fingerprint density at radius 3 is 2.87 bits per heavy atom. The summed E-state index contributed by atoms with van der Waals surface area (Å²) in [6.07, 6.45) is 4.87. The van der Waals surface area contributed by atoms with Crippen molar-refractivity contribution in [2.45, 2.75) is 13.3 Å². The summed E-state index contributed by atoms with van der Waals surface area (Å²) in [6, 6.07) is 0. The van der Waals surface area contributed by atoms with E-state index < -0.39 is 0 Å². The van der Waals surface area contributed by atoms with Gasteiger partial charge in [0.25, 0.3) is 0 Å². The highest BCUT2D eigenvalue weighted by atomic mass is 15.1. The van der Waals surface area contributed by atoms with Crippen LogP contribution in [-0.4, -0.2) is 47.7 Å². The van der Waals surface area contributed by atoms with Crippen LogP contribution in [0.25, 0.3) is 0 Å². The lowest BCUT2D eigenvalue weighted by Gasteiger charge is -2.16. The molecule has 1 heterocycles. The molecule has 0 aromatic carbocycles. The van der Waals surface area contributed by atoms with E-state index in [0.29, 0.717) is 0 Å². The van der Waals surface area contributed by atoms with Crippen LogP contribution in [0.2, 0.25) is 0 Å². The van der Waals surface area contributed by atoms with Gasteiger partial charge >= 0.3 is 0 Å². The molecule has 1 rings (SSSR count). The Hall–Kier alpha value is -0.870. The lowest BCUT2D eigenvalue weighted by Crippen LogP contribution is -2.30. The molecule has 0 saturated heterocycles. The molecule has 1 aromatic heterocycles. The molecular formula is C11H22N4. The smallest absolute Gasteiger partial charge is 0.109 e. The van der Waals surface area contributed by atoms with Crippen LogP contribution in [0.1, 0.15) is 12.7 Å². The molecule has 0 unspecified atom stereocenters. The Kier molecular flexibility index (Phi) is 5.36. The van der Waals surface area contributed by atoms with Crippen molar-refractivity contribution < 1.29 is 0 Å². The maximum Gasteiger partial charge on any atom is 0.109 e. The van der Waals surface area contributed by atoms with E-state index in [9.17, 15) is 0 Å². The van der Waals surface area contributed by atoms with Crippen LogP contribution in [0.4, 0.5) is 0 Å². The van der Waals surface area contributed by atoms with Crippen molar-refractivity contribution in [3.8, 4) is 0 Å². The van der Waals surface area contributed by atoms with Crippen LogP contribution in [0, 0.1) is 0 Å². The average molecular weight is 210 g/mol. The predicted octanol–water partition coefficient (Wildman–Crippen LogP) is 0.504. The highest BCUT2D eigenvalue weighted by Gasteiger charge is 2.02. The monoisotopic (exact) mass is 210 g/mol. The Morgan fingerprint density at radius 2 is 2.27 bits per heavy atom. The summed E-state index contributed by atoms with van der Waals surface area (Å²) in [5.41, 5.74) is 0. The van der Waals surface area contributed by atoms with Crippen molar-refractivity contribution in [2.75, 3.05) is 33.2 Å². The highest BCUT2D eigenvalue weighted by molar-refractivity contribution is 4.91. The molecule has 0 aliphatic rings. The molecule has 0 aliphatic carbocycles. The summed E-state index contributed by atoms with van der Waals surface area (Å²) in [7, 11) is 4.20. The zero-order valence-electron chi connectivity index (χ0n) is 10.0. The van der Waals surface area contributed by atoms with Gasteiger partial charge in [-0.3, -0.25) is 0 Å². The number of aryl methyl sites for hydroxylation is 1. The zero-order chi connectivity index (χ0) is 11.1. The Morgan fingerprint density at radius 1 is 1.47 bits per heavy atom. The zero-order valence-corrected chi connectivity index (χ0v) is 10.0. The van der Waals surface area contributed by atoms with E-state index in [1.165, 1.54) is 0 Å². The highest BCUT2D eigenvalue weighted by Crippen LogP contribution is 1.96. The number of nitrogens with zero attached hydrogens (tertiary/aromatic N) is 3. The average Bonchev–Trinajstić information content (AvgIpc) is 2.61. The lowest BCUT2D eigenvalue weighted by molar-refractivity contribution is 0.333. The van der Waals surface area contributed by atoms with E-state index in [2.05, 4.69) is 33.7 Å². The van der Waals surface area contributed by atoms with Crippen LogP contribution in [0.5, 0.6) is 0 Å². The topological polar surface area (TPSA) is 33.1 Å². The first-order valence-corrected chi connectivity index (χ1v) is 5.59. The summed E-state index contributed by atoms with van der Waals surface area (Å²) in [5, 5.41) is 3.32. The van der Waals surface area contributed by atoms with Gasteiger partial charge in [0.1, 0.15) is 5.82 Å². The van der Waals surface area contributed by atoms with Crippen LogP contribution in [0.15, 0.2) is 12.4 Å². The van der Waals surface area contributed by atoms with Gasteiger partial charge in [0.05, 0.1) is 0 Å². The summed E-state index contributed by atoms with van der Waals surface area (Å²) >= 11 is 0. The molecule has 1 N–H and O–H groups in total. The van der Waals surface area contributed by atoms with E-state index >= 15 is 0 Å². The number of imidazole rings is 1. The van der Waals surface area contributed by atoms with Gasteiger partial charge in [0.2, 0.25) is 0 Å². The molecule has 0 bridgehead atoms. The first-order chi connectivity index (χ1) is 7.24. The Bertz CT molecular complexity index is 269. The molecule has 0 spiro atoms. The molecule has 4 heteroatoms. The van der Waals surface area contributed by atoms with Gasteiger partial charge in [-0.1, -0.05) is 6.92 Å². The largest absolute Gasteiger partial charge is 0.338 e. The molecule has 0 amide bonds. The second kappa shape index (κ2) is 6.58. The van der Waals surface area contributed by atoms with Crippen LogP contribution in [0.3, 0.4) is 0 Å². The number of nitrogens with one attached hydrogen (secondary N) is 1. The molecule has 0 aliphatic heterocycles. The third-order valence-corrected chi connectivity index (χ3v) is 2.56. The molecule has 0 saturated carbocycles. The minimum absolute atomic E-state index is 1.02. The van der Waals surface area contributed by atoms with E-state index in [-0.39, 0.29) is 0 Å². The number of likely N-dealkylation sites (N-methyl/N-ethyl adjacent to an activating group) is 2. The summed E-state index contributed by atoms with van der Waals surface area (Å²) < 4.78 is 2.08. The van der Waals surface area contributed by atoms with E-state index in [1.807, 2.05) is 19.4 Å². The molecule has 86 valence electrons. The standard InChI is InChI=1S/C11H22N4/c1-4-12-6-9-14(2)8-5-11-13-7-10-15(11)3/h7,10,12H,4-6,8-9H2,1-3H3. The van der Waals surface area contributed by atoms with Crippen molar-refractivity contribution in [1.29, 1.82) is 0 Å². The number of hydrogen-bond donors (Lipinski definition) is 1. The van der Waals surface area contributed by atoms with Gasteiger partial charge in [0, 0.05) is 45.5 Å². The molecule has 15 heavy (non-hydrogen) atoms. The fourth-order valence-electron chi connectivity index (χ4n) is 1.49. The first-order valence-electron chi connectivity index (χ1n) is 5.59. The summed E-state index contributed by atoms with van der Waals surface area (Å²) in [5.74, 6) is 1.16. The summed E-state index contributed by atoms with van der Waals surface area (Å²) in [4.78, 5) is 6.64.